The van der Waals surface area contributed by atoms with E-state index in [4.69, 9.17) is 0 Å². The normalized spacial score (nSPS) is 11.4. The Labute approximate surface area is 183 Å². The molecule has 0 fully saturated rings. The number of carbonyl (C=O) groups excluding carboxylic acids is 1. The minimum Gasteiger partial charge on any atom is -0.359 e. The van der Waals surface area contributed by atoms with E-state index < -0.39 is 0 Å². The van der Waals surface area contributed by atoms with Crippen molar-refractivity contribution in [3.63, 3.8) is 0 Å². The maximum absolute atomic E-state index is 12.4. The van der Waals surface area contributed by atoms with Gasteiger partial charge in [0.15, 0.2) is 5.82 Å². The lowest BCUT2D eigenvalue weighted by Gasteiger charge is -2.10. The van der Waals surface area contributed by atoms with Crippen LogP contribution in [0.2, 0.25) is 0 Å². The van der Waals surface area contributed by atoms with Crippen LogP contribution >= 0.6 is 11.3 Å². The summed E-state index contributed by atoms with van der Waals surface area (Å²) < 4.78 is 2.90. The number of hydrogen-bond donors (Lipinski definition) is 2. The predicted octanol–water partition coefficient (Wildman–Crippen LogP) is 4.93. The number of imidazole rings is 1. The van der Waals surface area contributed by atoms with Gasteiger partial charge < -0.3 is 19.8 Å². The largest absolute Gasteiger partial charge is 0.359 e. The van der Waals surface area contributed by atoms with Crippen molar-refractivity contribution in [1.82, 2.24) is 24.4 Å². The summed E-state index contributed by atoms with van der Waals surface area (Å²) in [7, 11) is 5.32. The zero-order valence-corrected chi connectivity index (χ0v) is 18.5. The third-order valence-electron chi connectivity index (χ3n) is 5.28. The van der Waals surface area contributed by atoms with E-state index in [-0.39, 0.29) is 5.91 Å². The standard InChI is InChI=1S/C23H22N6OS/c1-13-9-14-10-15(5-6-16(14)26-13)27-17-7-8-24-18-11-20(31-21(17)18)19-12-25-22(29(19)4)23(30)28(2)3/h5-12,26H,1-4H3,(H,24,27). The average Bonchev–Trinajstić information content (AvgIpc) is 3.42. The Morgan fingerprint density at radius 3 is 2.81 bits per heavy atom. The van der Waals surface area contributed by atoms with Crippen molar-refractivity contribution in [2.75, 3.05) is 19.4 Å². The van der Waals surface area contributed by atoms with Gasteiger partial charge in [0.2, 0.25) is 0 Å². The Morgan fingerprint density at radius 1 is 1.16 bits per heavy atom. The van der Waals surface area contributed by atoms with Gasteiger partial charge in [0.25, 0.3) is 5.91 Å². The smallest absolute Gasteiger partial charge is 0.289 e. The highest BCUT2D eigenvalue weighted by Gasteiger charge is 2.19. The summed E-state index contributed by atoms with van der Waals surface area (Å²) in [4.78, 5) is 27.1. The van der Waals surface area contributed by atoms with Gasteiger partial charge in [-0.05, 0) is 43.3 Å². The van der Waals surface area contributed by atoms with Crippen molar-refractivity contribution in [1.29, 1.82) is 0 Å². The molecular weight excluding hydrogens is 408 g/mol. The van der Waals surface area contributed by atoms with Crippen LogP contribution in [0, 0.1) is 6.92 Å². The molecule has 4 aromatic heterocycles. The van der Waals surface area contributed by atoms with Crippen molar-refractivity contribution in [3.8, 4) is 10.6 Å². The van der Waals surface area contributed by atoms with Crippen molar-refractivity contribution in [3.05, 3.63) is 60.3 Å². The zero-order chi connectivity index (χ0) is 21.7. The van der Waals surface area contributed by atoms with Crippen LogP contribution < -0.4 is 5.32 Å². The van der Waals surface area contributed by atoms with E-state index >= 15 is 0 Å². The maximum atomic E-state index is 12.4. The van der Waals surface area contributed by atoms with Gasteiger partial charge in [-0.3, -0.25) is 9.78 Å². The number of carbonyl (C=O) groups is 1. The molecule has 0 spiro atoms. The minimum atomic E-state index is -0.120. The Hall–Kier alpha value is -3.65. The Kier molecular flexibility index (Phi) is 4.51. The molecule has 4 heterocycles. The van der Waals surface area contributed by atoms with Crippen molar-refractivity contribution in [2.45, 2.75) is 6.92 Å². The second-order valence-electron chi connectivity index (χ2n) is 7.79. The first-order chi connectivity index (χ1) is 14.9. The number of thiophene rings is 1. The number of fused-ring (bicyclic) bond motifs is 2. The van der Waals surface area contributed by atoms with E-state index in [1.165, 1.54) is 10.3 Å². The fourth-order valence-electron chi connectivity index (χ4n) is 3.71. The van der Waals surface area contributed by atoms with E-state index in [2.05, 4.69) is 51.5 Å². The van der Waals surface area contributed by atoms with E-state index in [0.717, 1.165) is 43.4 Å². The molecule has 0 unspecified atom stereocenters. The Morgan fingerprint density at radius 2 is 2.00 bits per heavy atom. The molecule has 0 aliphatic heterocycles. The molecule has 0 atom stereocenters. The van der Waals surface area contributed by atoms with Crippen LogP contribution in [-0.2, 0) is 7.05 Å². The number of hydrogen-bond acceptors (Lipinski definition) is 5. The first-order valence-corrected chi connectivity index (χ1v) is 10.7. The summed E-state index contributed by atoms with van der Waals surface area (Å²) in [5.74, 6) is 0.296. The lowest BCUT2D eigenvalue weighted by molar-refractivity contribution is 0.0812. The van der Waals surface area contributed by atoms with Gasteiger partial charge in [-0.2, -0.15) is 0 Å². The van der Waals surface area contributed by atoms with Crippen molar-refractivity contribution < 1.29 is 4.79 Å². The SMILES string of the molecule is Cc1cc2cc(Nc3ccnc4cc(-c5cnc(C(=O)N(C)C)n5C)sc34)ccc2[nH]1. The first kappa shape index (κ1) is 19.3. The van der Waals surface area contributed by atoms with E-state index in [1.54, 1.807) is 31.6 Å². The molecule has 0 aliphatic carbocycles. The molecule has 0 saturated carbocycles. The number of benzene rings is 1. The topological polar surface area (TPSA) is 78.8 Å². The van der Waals surface area contributed by atoms with Gasteiger partial charge in [0.05, 0.1) is 32.7 Å². The quantitative estimate of drug-likeness (QED) is 0.424. The minimum absolute atomic E-state index is 0.120. The molecule has 31 heavy (non-hydrogen) atoms. The fourth-order valence-corrected chi connectivity index (χ4v) is 4.84. The number of pyridine rings is 1. The number of nitrogens with zero attached hydrogens (tertiary/aromatic N) is 4. The molecule has 7 nitrogen and oxygen atoms in total. The molecule has 2 N–H and O–H groups in total. The summed E-state index contributed by atoms with van der Waals surface area (Å²) in [5, 5.41) is 4.71. The van der Waals surface area contributed by atoms with E-state index in [0.29, 0.717) is 5.82 Å². The third kappa shape index (κ3) is 3.34. The van der Waals surface area contributed by atoms with Gasteiger partial charge in [-0.25, -0.2) is 4.98 Å². The van der Waals surface area contributed by atoms with Crippen molar-refractivity contribution >= 4 is 49.7 Å². The highest BCUT2D eigenvalue weighted by molar-refractivity contribution is 7.22. The molecule has 156 valence electrons. The maximum Gasteiger partial charge on any atom is 0.289 e. The van der Waals surface area contributed by atoms with Crippen LogP contribution in [-0.4, -0.2) is 44.4 Å². The number of rotatable bonds is 4. The molecule has 5 aromatic rings. The van der Waals surface area contributed by atoms with Crippen LogP contribution in [0.5, 0.6) is 0 Å². The summed E-state index contributed by atoms with van der Waals surface area (Å²) in [5.41, 5.74) is 6.09. The number of aryl methyl sites for hydroxylation is 1. The van der Waals surface area contributed by atoms with Gasteiger partial charge >= 0.3 is 0 Å². The molecule has 0 radical (unpaired) electrons. The van der Waals surface area contributed by atoms with Gasteiger partial charge in [-0.1, -0.05) is 0 Å². The predicted molar refractivity (Wildman–Crippen MR) is 126 cm³/mol. The summed E-state index contributed by atoms with van der Waals surface area (Å²) in [6.07, 6.45) is 3.56. The van der Waals surface area contributed by atoms with Gasteiger partial charge in [0, 0.05) is 49.6 Å². The molecule has 0 saturated heterocycles. The lowest BCUT2D eigenvalue weighted by atomic mass is 10.2. The van der Waals surface area contributed by atoms with Crippen LogP contribution in [0.4, 0.5) is 11.4 Å². The summed E-state index contributed by atoms with van der Waals surface area (Å²) >= 11 is 1.63. The molecule has 8 heteroatoms. The molecule has 5 rings (SSSR count). The second-order valence-corrected chi connectivity index (χ2v) is 8.84. The molecular formula is C23H22N6OS. The molecule has 1 amide bonds. The third-order valence-corrected chi connectivity index (χ3v) is 6.46. The highest BCUT2D eigenvalue weighted by Crippen LogP contribution is 2.38. The van der Waals surface area contributed by atoms with Crippen LogP contribution in [0.25, 0.3) is 31.7 Å². The highest BCUT2D eigenvalue weighted by atomic mass is 32.1. The number of aromatic nitrogens is 4. The number of H-pyrrole nitrogens is 1. The first-order valence-electron chi connectivity index (χ1n) is 9.89. The van der Waals surface area contributed by atoms with Crippen LogP contribution in [0.3, 0.4) is 0 Å². The average molecular weight is 431 g/mol. The summed E-state index contributed by atoms with van der Waals surface area (Å²) in [6.45, 7) is 2.06. The van der Waals surface area contributed by atoms with Gasteiger partial charge in [0.1, 0.15) is 0 Å². The zero-order valence-electron chi connectivity index (χ0n) is 17.7. The van der Waals surface area contributed by atoms with E-state index in [9.17, 15) is 4.79 Å². The number of amides is 1. The number of aromatic amines is 1. The molecule has 1 aromatic carbocycles. The molecule has 0 bridgehead atoms. The second kappa shape index (κ2) is 7.24. The fraction of sp³-hybridized carbons (Fsp3) is 0.174. The number of nitrogens with one attached hydrogen (secondary N) is 2. The Balaban J connectivity index is 1.52. The van der Waals surface area contributed by atoms with Gasteiger partial charge in [-0.15, -0.1) is 11.3 Å². The van der Waals surface area contributed by atoms with Crippen LogP contribution in [0.1, 0.15) is 16.3 Å². The Bertz CT molecular complexity index is 1440. The number of anilines is 2. The van der Waals surface area contributed by atoms with Crippen LogP contribution in [0.15, 0.2) is 48.8 Å². The summed E-state index contributed by atoms with van der Waals surface area (Å²) in [6, 6.07) is 12.5. The van der Waals surface area contributed by atoms with Crippen molar-refractivity contribution in [2.24, 2.45) is 7.05 Å². The lowest BCUT2D eigenvalue weighted by Crippen LogP contribution is -2.24. The monoisotopic (exact) mass is 430 g/mol. The molecule has 0 aliphatic rings. The van der Waals surface area contributed by atoms with E-state index in [1.807, 2.05) is 29.9 Å².